The first kappa shape index (κ1) is 29.7. The molecule has 214 valence electrons. The number of thioether (sulfide) groups is 1. The van der Waals surface area contributed by atoms with Gasteiger partial charge in [0.2, 0.25) is 11.8 Å². The standard InChI is InChI=1S/C31H33N3O6S/c1-4-18-40-26-16-12-23(13-17-26)32-29(36)27-19-28(35)34(20-21-6-14-25(38-3)15-7-21)31(41-27)33-24-10-8-22(9-11-24)30(37)39-5-2/h6-17,27H,4-5,18-20H2,1-3H3,(H,32,36). The fourth-order valence-corrected chi connectivity index (χ4v) is 5.08. The first-order valence-electron chi connectivity index (χ1n) is 13.4. The van der Waals surface area contributed by atoms with Crippen LogP contribution in [-0.4, -0.2) is 53.4 Å². The Balaban J connectivity index is 1.55. The zero-order valence-electron chi connectivity index (χ0n) is 23.3. The summed E-state index contributed by atoms with van der Waals surface area (Å²) in [5.41, 5.74) is 2.44. The number of hydrogen-bond donors (Lipinski definition) is 1. The van der Waals surface area contributed by atoms with Crippen LogP contribution in [0.4, 0.5) is 11.4 Å². The summed E-state index contributed by atoms with van der Waals surface area (Å²) in [7, 11) is 1.59. The molecule has 0 aromatic heterocycles. The molecule has 1 atom stereocenters. The third kappa shape index (κ3) is 8.11. The Morgan fingerprint density at radius 2 is 1.66 bits per heavy atom. The van der Waals surface area contributed by atoms with Crippen molar-refractivity contribution in [3.8, 4) is 11.5 Å². The molecule has 4 rings (SSSR count). The summed E-state index contributed by atoms with van der Waals surface area (Å²) < 4.78 is 15.9. The minimum Gasteiger partial charge on any atom is -0.497 e. The number of aliphatic imine (C=N–C) groups is 1. The second kappa shape index (κ2) is 14.4. The van der Waals surface area contributed by atoms with Crippen LogP contribution in [-0.2, 0) is 20.9 Å². The van der Waals surface area contributed by atoms with Crippen LogP contribution in [0.1, 0.15) is 42.6 Å². The lowest BCUT2D eigenvalue weighted by Gasteiger charge is -2.32. The van der Waals surface area contributed by atoms with Gasteiger partial charge in [-0.15, -0.1) is 0 Å². The Bertz CT molecular complexity index is 1370. The summed E-state index contributed by atoms with van der Waals surface area (Å²) in [6.45, 7) is 4.96. The van der Waals surface area contributed by atoms with Gasteiger partial charge in [0.15, 0.2) is 5.17 Å². The highest BCUT2D eigenvalue weighted by molar-refractivity contribution is 8.15. The summed E-state index contributed by atoms with van der Waals surface area (Å²) in [4.78, 5) is 45.0. The van der Waals surface area contributed by atoms with E-state index in [2.05, 4.69) is 5.32 Å². The molecule has 10 heteroatoms. The molecule has 2 amide bonds. The number of esters is 1. The second-order valence-corrected chi connectivity index (χ2v) is 10.3. The highest BCUT2D eigenvalue weighted by Gasteiger charge is 2.36. The molecule has 0 spiro atoms. The van der Waals surface area contributed by atoms with Gasteiger partial charge in [0.05, 0.1) is 38.1 Å². The predicted octanol–water partition coefficient (Wildman–Crippen LogP) is 5.82. The number of hydrogen-bond acceptors (Lipinski definition) is 8. The number of amidine groups is 1. The minimum absolute atomic E-state index is 0.0190. The highest BCUT2D eigenvalue weighted by atomic mass is 32.2. The molecule has 1 aliphatic heterocycles. The molecule has 41 heavy (non-hydrogen) atoms. The van der Waals surface area contributed by atoms with Crippen LogP contribution < -0.4 is 14.8 Å². The first-order chi connectivity index (χ1) is 19.9. The van der Waals surface area contributed by atoms with E-state index in [0.717, 1.165) is 17.7 Å². The van der Waals surface area contributed by atoms with E-state index in [1.54, 1.807) is 67.5 Å². The van der Waals surface area contributed by atoms with Gasteiger partial charge in [-0.2, -0.15) is 0 Å². The van der Waals surface area contributed by atoms with Gasteiger partial charge >= 0.3 is 5.97 Å². The maximum atomic E-state index is 13.4. The number of benzene rings is 3. The Kier molecular flexibility index (Phi) is 10.4. The van der Waals surface area contributed by atoms with Crippen LogP contribution in [0.15, 0.2) is 77.8 Å². The number of ether oxygens (including phenoxy) is 3. The van der Waals surface area contributed by atoms with E-state index in [1.807, 2.05) is 31.2 Å². The lowest BCUT2D eigenvalue weighted by Crippen LogP contribution is -2.44. The zero-order chi connectivity index (χ0) is 29.2. The number of nitrogens with one attached hydrogen (secondary N) is 1. The monoisotopic (exact) mass is 575 g/mol. The van der Waals surface area contributed by atoms with Crippen LogP contribution in [0.2, 0.25) is 0 Å². The molecule has 3 aromatic carbocycles. The molecule has 0 bridgehead atoms. The number of amides is 2. The predicted molar refractivity (Wildman–Crippen MR) is 160 cm³/mol. The molecule has 3 aromatic rings. The van der Waals surface area contributed by atoms with Crippen molar-refractivity contribution in [2.75, 3.05) is 25.6 Å². The maximum absolute atomic E-state index is 13.4. The van der Waals surface area contributed by atoms with Gasteiger partial charge in [-0.05, 0) is 79.6 Å². The number of anilines is 1. The van der Waals surface area contributed by atoms with Crippen molar-refractivity contribution in [3.63, 3.8) is 0 Å². The largest absolute Gasteiger partial charge is 0.497 e. The van der Waals surface area contributed by atoms with Crippen molar-refractivity contribution in [2.24, 2.45) is 4.99 Å². The Hall–Kier alpha value is -4.31. The Morgan fingerprint density at radius 1 is 0.976 bits per heavy atom. The van der Waals surface area contributed by atoms with Gasteiger partial charge in [-0.1, -0.05) is 30.8 Å². The highest BCUT2D eigenvalue weighted by Crippen LogP contribution is 2.31. The molecule has 0 radical (unpaired) electrons. The summed E-state index contributed by atoms with van der Waals surface area (Å²) in [5.74, 6) is 0.511. The maximum Gasteiger partial charge on any atom is 0.338 e. The van der Waals surface area contributed by atoms with Gasteiger partial charge in [0, 0.05) is 12.1 Å². The van der Waals surface area contributed by atoms with E-state index < -0.39 is 11.2 Å². The van der Waals surface area contributed by atoms with Crippen molar-refractivity contribution in [1.29, 1.82) is 0 Å². The number of nitrogens with zero attached hydrogens (tertiary/aromatic N) is 2. The van der Waals surface area contributed by atoms with Gasteiger partial charge in [-0.25, -0.2) is 9.79 Å². The molecule has 0 saturated carbocycles. The van der Waals surface area contributed by atoms with Crippen molar-refractivity contribution in [1.82, 2.24) is 4.90 Å². The first-order valence-corrected chi connectivity index (χ1v) is 14.3. The molecule has 1 heterocycles. The van der Waals surface area contributed by atoms with E-state index in [0.29, 0.717) is 34.5 Å². The molecular weight excluding hydrogens is 542 g/mol. The molecular formula is C31H33N3O6S. The van der Waals surface area contributed by atoms with Crippen LogP contribution in [0.25, 0.3) is 0 Å². The third-order valence-corrected chi connectivity index (χ3v) is 7.32. The van der Waals surface area contributed by atoms with E-state index in [4.69, 9.17) is 19.2 Å². The topological polar surface area (TPSA) is 107 Å². The second-order valence-electron chi connectivity index (χ2n) is 9.16. The lowest BCUT2D eigenvalue weighted by atomic mass is 10.2. The van der Waals surface area contributed by atoms with Gasteiger partial charge < -0.3 is 19.5 Å². The average Bonchev–Trinajstić information content (AvgIpc) is 2.99. The van der Waals surface area contributed by atoms with E-state index in [-0.39, 0.29) is 31.4 Å². The van der Waals surface area contributed by atoms with E-state index in [9.17, 15) is 14.4 Å². The average molecular weight is 576 g/mol. The quantitative estimate of drug-likeness (QED) is 0.287. The fraction of sp³-hybridized carbons (Fsp3) is 0.290. The molecule has 1 fully saturated rings. The molecule has 1 aliphatic rings. The Labute approximate surface area is 243 Å². The lowest BCUT2D eigenvalue weighted by molar-refractivity contribution is -0.129. The van der Waals surface area contributed by atoms with Crippen LogP contribution in [0, 0.1) is 0 Å². The SMILES string of the molecule is CCCOc1ccc(NC(=O)C2CC(=O)N(Cc3ccc(OC)cc3)C(=Nc3ccc(C(=O)OCC)cc3)S2)cc1. The molecule has 1 N–H and O–H groups in total. The van der Waals surface area contributed by atoms with Crippen molar-refractivity contribution >= 4 is 46.1 Å². The van der Waals surface area contributed by atoms with Crippen LogP contribution >= 0.6 is 11.8 Å². The van der Waals surface area contributed by atoms with Crippen molar-refractivity contribution in [2.45, 2.75) is 38.5 Å². The van der Waals surface area contributed by atoms with Crippen LogP contribution in [0.5, 0.6) is 11.5 Å². The van der Waals surface area contributed by atoms with Crippen molar-refractivity contribution in [3.05, 3.63) is 83.9 Å². The smallest absolute Gasteiger partial charge is 0.338 e. The number of rotatable bonds is 11. The Morgan fingerprint density at radius 3 is 2.29 bits per heavy atom. The molecule has 0 aliphatic carbocycles. The molecule has 1 saturated heterocycles. The summed E-state index contributed by atoms with van der Waals surface area (Å²) >= 11 is 1.23. The molecule has 1 unspecified atom stereocenters. The summed E-state index contributed by atoms with van der Waals surface area (Å²) in [6, 6.07) is 21.2. The van der Waals surface area contributed by atoms with Crippen molar-refractivity contribution < 1.29 is 28.6 Å². The number of methoxy groups -OCH3 is 1. The summed E-state index contributed by atoms with van der Waals surface area (Å²) in [6.07, 6.45) is 0.922. The van der Waals surface area contributed by atoms with Gasteiger partial charge in [0.1, 0.15) is 16.7 Å². The number of carbonyl (C=O) groups excluding carboxylic acids is 3. The van der Waals surface area contributed by atoms with Gasteiger partial charge in [-0.3, -0.25) is 14.5 Å². The van der Waals surface area contributed by atoms with Crippen LogP contribution in [0.3, 0.4) is 0 Å². The zero-order valence-corrected chi connectivity index (χ0v) is 24.1. The van der Waals surface area contributed by atoms with Gasteiger partial charge in [0.25, 0.3) is 0 Å². The van der Waals surface area contributed by atoms with E-state index >= 15 is 0 Å². The molecule has 9 nitrogen and oxygen atoms in total. The minimum atomic E-state index is -0.678. The summed E-state index contributed by atoms with van der Waals surface area (Å²) in [5, 5.41) is 2.62. The fourth-order valence-electron chi connectivity index (χ4n) is 3.98. The third-order valence-electron chi connectivity index (χ3n) is 6.13. The van der Waals surface area contributed by atoms with E-state index in [1.165, 1.54) is 11.8 Å². The normalized spacial score (nSPS) is 15.9. The number of carbonyl (C=O) groups is 3.